The number of methoxy groups -OCH3 is 1. The first-order valence-corrected chi connectivity index (χ1v) is 12.7. The summed E-state index contributed by atoms with van der Waals surface area (Å²) < 4.78 is 12.3. The number of nitrogens with two attached hydrogens (primary N) is 1. The molecule has 0 saturated heterocycles. The quantitative estimate of drug-likeness (QED) is 0.130. The van der Waals surface area contributed by atoms with E-state index in [1.807, 2.05) is 32.3 Å². The van der Waals surface area contributed by atoms with Crippen molar-refractivity contribution in [1.29, 1.82) is 0 Å². The molecule has 1 amide bonds. The Balaban J connectivity index is 0.000000195. The number of amides is 1. The molecule has 0 radical (unpaired) electrons. The van der Waals surface area contributed by atoms with Gasteiger partial charge in [-0.3, -0.25) is 10.2 Å². The summed E-state index contributed by atoms with van der Waals surface area (Å²) in [5.41, 5.74) is 6.35. The van der Waals surface area contributed by atoms with E-state index in [1.165, 1.54) is 13.5 Å². The number of ether oxygens (including phenoxy) is 1. The van der Waals surface area contributed by atoms with Crippen molar-refractivity contribution in [3.63, 3.8) is 0 Å². The third-order valence-electron chi connectivity index (χ3n) is 4.48. The number of hydrogen-bond donors (Lipinski definition) is 2. The summed E-state index contributed by atoms with van der Waals surface area (Å²) in [4.78, 5) is 33.8. The van der Waals surface area contributed by atoms with Crippen molar-refractivity contribution < 1.29 is 18.7 Å². The Morgan fingerprint density at radius 1 is 0.865 bits per heavy atom. The van der Waals surface area contributed by atoms with E-state index in [1.54, 1.807) is 30.7 Å². The molecule has 4 aromatic heterocycles. The molecule has 3 N–H and O–H groups in total. The van der Waals surface area contributed by atoms with Crippen molar-refractivity contribution in [2.24, 2.45) is 5.84 Å². The Kier molecular flexibility index (Phi) is 11.9. The van der Waals surface area contributed by atoms with Crippen molar-refractivity contribution in [1.82, 2.24) is 30.6 Å². The van der Waals surface area contributed by atoms with Crippen molar-refractivity contribution >= 4 is 59.7 Å². The fraction of sp³-hybridized carbons (Fsp3) is 0.174. The maximum absolute atomic E-state index is 11.0. The maximum Gasteiger partial charge on any atom is 0.356 e. The first kappa shape index (κ1) is 30.2. The molecular formula is C23H22Br3N7O4. The summed E-state index contributed by atoms with van der Waals surface area (Å²) in [6.07, 6.45) is 6.16. The van der Waals surface area contributed by atoms with E-state index in [2.05, 4.69) is 77.7 Å². The SMILES string of the molecule is COC(=O)c1cc(C)c(Br)cn1.Cc1cc(-c2nnco2)ncc1Br.Cc1cc(C(=O)NN)ncc1Br. The van der Waals surface area contributed by atoms with Crippen LogP contribution in [0.1, 0.15) is 37.7 Å². The van der Waals surface area contributed by atoms with Crippen molar-refractivity contribution in [2.45, 2.75) is 20.8 Å². The van der Waals surface area contributed by atoms with E-state index < -0.39 is 5.97 Å². The molecule has 4 aromatic rings. The van der Waals surface area contributed by atoms with Gasteiger partial charge in [-0.25, -0.2) is 25.6 Å². The van der Waals surface area contributed by atoms with Crippen LogP contribution in [-0.4, -0.2) is 44.1 Å². The Hall–Kier alpha value is -3.07. The minimum atomic E-state index is -0.411. The lowest BCUT2D eigenvalue weighted by Crippen LogP contribution is -2.30. The minimum Gasteiger partial charge on any atom is -0.464 e. The van der Waals surface area contributed by atoms with Crippen LogP contribution < -0.4 is 11.3 Å². The van der Waals surface area contributed by atoms with Crippen LogP contribution in [0, 0.1) is 20.8 Å². The van der Waals surface area contributed by atoms with Gasteiger partial charge in [-0.15, -0.1) is 10.2 Å². The van der Waals surface area contributed by atoms with Gasteiger partial charge in [-0.05, 0) is 103 Å². The molecule has 11 nitrogen and oxygen atoms in total. The van der Waals surface area contributed by atoms with Gasteiger partial charge in [0.15, 0.2) is 0 Å². The fourth-order valence-corrected chi connectivity index (χ4v) is 3.08. The summed E-state index contributed by atoms with van der Waals surface area (Å²) in [5, 5.41) is 7.35. The monoisotopic (exact) mass is 697 g/mol. The number of nitrogens with zero attached hydrogens (tertiary/aromatic N) is 5. The molecular weight excluding hydrogens is 678 g/mol. The van der Waals surface area contributed by atoms with Gasteiger partial charge in [0.05, 0.1) is 7.11 Å². The number of halogens is 3. The smallest absolute Gasteiger partial charge is 0.356 e. The number of hydrogen-bond acceptors (Lipinski definition) is 10. The second-order valence-corrected chi connectivity index (χ2v) is 9.73. The number of nitrogen functional groups attached to an aromatic ring is 1. The van der Waals surface area contributed by atoms with Crippen LogP contribution in [0.3, 0.4) is 0 Å². The zero-order valence-electron chi connectivity index (χ0n) is 20.1. The number of nitrogens with one attached hydrogen (secondary N) is 1. The Morgan fingerprint density at radius 2 is 1.38 bits per heavy atom. The van der Waals surface area contributed by atoms with Crippen LogP contribution in [0.4, 0.5) is 0 Å². The standard InChI is InChI=1S/C8H6BrN3O.C8H8BrNO2.C7H8BrN3O/c1-5-2-7(10-3-6(5)9)8-12-11-4-13-8;1-5-3-7(8(11)12-2)10-4-6(5)9;1-4-2-6(7(12)11-9)10-3-5(4)8/h2-4H,1H3;3-4H,1-2H3;2-3H,9H2,1H3,(H,11,12). The molecule has 0 aliphatic rings. The van der Waals surface area contributed by atoms with Crippen molar-refractivity contribution in [2.75, 3.05) is 7.11 Å². The third-order valence-corrected chi connectivity index (χ3v) is 6.97. The summed E-state index contributed by atoms with van der Waals surface area (Å²) in [6, 6.07) is 5.22. The number of aryl methyl sites for hydroxylation is 3. The molecule has 194 valence electrons. The molecule has 4 rings (SSSR count). The lowest BCUT2D eigenvalue weighted by atomic mass is 10.2. The van der Waals surface area contributed by atoms with E-state index in [0.29, 0.717) is 23.0 Å². The van der Waals surface area contributed by atoms with Crippen LogP contribution >= 0.6 is 47.8 Å². The molecule has 0 atom stereocenters. The maximum atomic E-state index is 11.0. The van der Waals surface area contributed by atoms with Gasteiger partial charge in [0, 0.05) is 32.0 Å². The largest absolute Gasteiger partial charge is 0.464 e. The summed E-state index contributed by atoms with van der Waals surface area (Å²) in [5.74, 6) is 4.59. The van der Waals surface area contributed by atoms with Crippen LogP contribution in [0.15, 0.2) is 61.0 Å². The van der Waals surface area contributed by atoms with Crippen LogP contribution in [0.25, 0.3) is 11.6 Å². The number of hydrazine groups is 1. The highest BCUT2D eigenvalue weighted by atomic mass is 79.9. The second-order valence-electron chi connectivity index (χ2n) is 7.17. The lowest BCUT2D eigenvalue weighted by Gasteiger charge is -2.00. The van der Waals surface area contributed by atoms with Gasteiger partial charge < -0.3 is 9.15 Å². The van der Waals surface area contributed by atoms with Gasteiger partial charge in [0.25, 0.3) is 11.8 Å². The van der Waals surface area contributed by atoms with Gasteiger partial charge in [0.2, 0.25) is 6.39 Å². The Morgan fingerprint density at radius 3 is 1.84 bits per heavy atom. The number of aromatic nitrogens is 5. The highest BCUT2D eigenvalue weighted by molar-refractivity contribution is 9.11. The Labute approximate surface area is 238 Å². The first-order valence-electron chi connectivity index (χ1n) is 10.3. The van der Waals surface area contributed by atoms with E-state index in [9.17, 15) is 9.59 Å². The minimum absolute atomic E-state index is 0.318. The normalized spacial score (nSPS) is 9.84. The first-order chi connectivity index (χ1) is 17.6. The van der Waals surface area contributed by atoms with Crippen LogP contribution in [-0.2, 0) is 4.74 Å². The van der Waals surface area contributed by atoms with Crippen molar-refractivity contribution in [3.8, 4) is 11.6 Å². The van der Waals surface area contributed by atoms with Crippen LogP contribution in [0.2, 0.25) is 0 Å². The van der Waals surface area contributed by atoms with E-state index >= 15 is 0 Å². The number of pyridine rings is 3. The van der Waals surface area contributed by atoms with E-state index in [4.69, 9.17) is 10.3 Å². The average molecular weight is 700 g/mol. The average Bonchev–Trinajstić information content (AvgIpc) is 3.44. The number of carbonyl (C=O) groups is 2. The fourth-order valence-electron chi connectivity index (χ4n) is 2.43. The number of rotatable bonds is 3. The van der Waals surface area contributed by atoms with Crippen LogP contribution in [0.5, 0.6) is 0 Å². The third kappa shape index (κ3) is 9.07. The Bertz CT molecular complexity index is 1310. The molecule has 14 heteroatoms. The van der Waals surface area contributed by atoms with E-state index in [0.717, 1.165) is 30.1 Å². The van der Waals surface area contributed by atoms with E-state index in [-0.39, 0.29) is 5.91 Å². The molecule has 0 fully saturated rings. The zero-order valence-corrected chi connectivity index (χ0v) is 24.9. The molecule has 0 aliphatic carbocycles. The topological polar surface area (TPSA) is 159 Å². The molecule has 0 spiro atoms. The van der Waals surface area contributed by atoms with Gasteiger partial charge >= 0.3 is 5.97 Å². The lowest BCUT2D eigenvalue weighted by molar-refractivity contribution is 0.0593. The predicted molar refractivity (Wildman–Crippen MR) is 146 cm³/mol. The van der Waals surface area contributed by atoms with Gasteiger partial charge in [0.1, 0.15) is 17.1 Å². The van der Waals surface area contributed by atoms with Crippen molar-refractivity contribution in [3.05, 3.63) is 84.7 Å². The second kappa shape index (κ2) is 14.6. The predicted octanol–water partition coefficient (Wildman–Crippen LogP) is 4.90. The highest BCUT2D eigenvalue weighted by Crippen LogP contribution is 2.20. The molecule has 4 heterocycles. The summed E-state index contributed by atoms with van der Waals surface area (Å²) >= 11 is 9.92. The van der Waals surface area contributed by atoms with Gasteiger partial charge in [-0.1, -0.05) is 0 Å². The molecule has 0 aliphatic heterocycles. The number of carbonyl (C=O) groups excluding carboxylic acids is 2. The summed E-state index contributed by atoms with van der Waals surface area (Å²) in [7, 11) is 1.33. The zero-order chi connectivity index (χ0) is 27.5. The highest BCUT2D eigenvalue weighted by Gasteiger charge is 2.08. The van der Waals surface area contributed by atoms with Gasteiger partial charge in [-0.2, -0.15) is 0 Å². The molecule has 0 bridgehead atoms. The summed E-state index contributed by atoms with van der Waals surface area (Å²) in [6.45, 7) is 5.74. The molecule has 0 aromatic carbocycles. The number of esters is 1. The molecule has 0 saturated carbocycles. The molecule has 0 unspecified atom stereocenters. The molecule has 37 heavy (non-hydrogen) atoms.